The third-order valence-corrected chi connectivity index (χ3v) is 5.77. The summed E-state index contributed by atoms with van der Waals surface area (Å²) < 4.78 is 34.6. The van der Waals surface area contributed by atoms with Gasteiger partial charge in [0.2, 0.25) is 15.9 Å². The third kappa shape index (κ3) is 4.25. The van der Waals surface area contributed by atoms with Gasteiger partial charge in [0.15, 0.2) is 0 Å². The van der Waals surface area contributed by atoms with Gasteiger partial charge in [-0.15, -0.1) is 0 Å². The fraction of sp³-hybridized carbons (Fsp3) is 0.375. The normalized spacial score (nSPS) is 18.8. The van der Waals surface area contributed by atoms with Crippen molar-refractivity contribution in [2.75, 3.05) is 25.0 Å². The highest BCUT2D eigenvalue weighted by atomic mass is 32.2. The average molecular weight is 364 g/mol. The minimum atomic E-state index is -3.60. The second-order valence-corrected chi connectivity index (χ2v) is 7.76. The van der Waals surface area contributed by atoms with Crippen LogP contribution in [0.2, 0.25) is 0 Å². The van der Waals surface area contributed by atoms with Crippen LogP contribution in [0.5, 0.6) is 0 Å². The van der Waals surface area contributed by atoms with E-state index in [1.807, 2.05) is 10.8 Å². The Balaban J connectivity index is 1.71. The molecule has 1 aliphatic rings. The Labute approximate surface area is 146 Å². The molecular formula is C16H20N4O4S. The molecular weight excluding hydrogens is 344 g/mol. The van der Waals surface area contributed by atoms with Gasteiger partial charge in [-0.1, -0.05) is 0 Å². The molecule has 0 aliphatic carbocycles. The van der Waals surface area contributed by atoms with Crippen molar-refractivity contribution in [3.63, 3.8) is 0 Å². The number of carbonyl (C=O) groups is 1. The van der Waals surface area contributed by atoms with Crippen molar-refractivity contribution in [2.24, 2.45) is 0 Å². The van der Waals surface area contributed by atoms with E-state index in [9.17, 15) is 13.2 Å². The van der Waals surface area contributed by atoms with Gasteiger partial charge in [-0.2, -0.15) is 4.31 Å². The van der Waals surface area contributed by atoms with Crippen LogP contribution in [-0.2, 0) is 26.1 Å². The van der Waals surface area contributed by atoms with Crippen molar-refractivity contribution in [3.05, 3.63) is 43.0 Å². The maximum Gasteiger partial charge on any atom is 0.243 e. The van der Waals surface area contributed by atoms with Crippen LogP contribution in [0.3, 0.4) is 0 Å². The summed E-state index contributed by atoms with van der Waals surface area (Å²) >= 11 is 0. The van der Waals surface area contributed by atoms with Gasteiger partial charge in [0, 0.05) is 38.1 Å². The number of anilines is 1. The van der Waals surface area contributed by atoms with E-state index in [4.69, 9.17) is 4.74 Å². The maximum absolute atomic E-state index is 12.8. The number of imidazole rings is 1. The third-order valence-electron chi connectivity index (χ3n) is 3.89. The van der Waals surface area contributed by atoms with Gasteiger partial charge in [0.05, 0.1) is 30.5 Å². The highest BCUT2D eigenvalue weighted by molar-refractivity contribution is 7.89. The van der Waals surface area contributed by atoms with Crippen molar-refractivity contribution >= 4 is 21.6 Å². The maximum atomic E-state index is 12.8. The van der Waals surface area contributed by atoms with Crippen molar-refractivity contribution in [1.29, 1.82) is 0 Å². The molecule has 2 heterocycles. The lowest BCUT2D eigenvalue weighted by Gasteiger charge is -2.32. The predicted molar refractivity (Wildman–Crippen MR) is 91.5 cm³/mol. The minimum absolute atomic E-state index is 0.199. The molecule has 0 bridgehead atoms. The number of ether oxygens (including phenoxy) is 1. The van der Waals surface area contributed by atoms with Gasteiger partial charge in [-0.3, -0.25) is 4.79 Å². The molecule has 0 saturated carbocycles. The Hall–Kier alpha value is -2.23. The fourth-order valence-corrected chi connectivity index (χ4v) is 4.17. The number of aromatic nitrogens is 2. The quantitative estimate of drug-likeness (QED) is 0.852. The fourth-order valence-electron chi connectivity index (χ4n) is 2.71. The molecule has 8 nitrogen and oxygen atoms in total. The molecule has 1 saturated heterocycles. The van der Waals surface area contributed by atoms with Gasteiger partial charge in [0.25, 0.3) is 0 Å². The van der Waals surface area contributed by atoms with E-state index in [-0.39, 0.29) is 23.5 Å². The standard InChI is InChI=1S/C16H20N4O4S/c1-13(21)18-14-2-4-16(5-3-14)25(22,23)20-8-9-24-15(11-20)10-19-7-6-17-12-19/h2-7,12,15H,8-11H2,1H3,(H,18,21)/t15-/m1/s1. The first-order chi connectivity index (χ1) is 11.9. The zero-order chi connectivity index (χ0) is 17.9. The van der Waals surface area contributed by atoms with Crippen LogP contribution >= 0.6 is 0 Å². The van der Waals surface area contributed by atoms with Crippen LogP contribution < -0.4 is 5.32 Å². The van der Waals surface area contributed by atoms with Gasteiger partial charge in [-0.05, 0) is 24.3 Å². The number of amides is 1. The molecule has 1 N–H and O–H groups in total. The minimum Gasteiger partial charge on any atom is -0.374 e. The number of benzene rings is 1. The smallest absolute Gasteiger partial charge is 0.243 e. The first kappa shape index (κ1) is 17.6. The largest absolute Gasteiger partial charge is 0.374 e. The molecule has 0 radical (unpaired) electrons. The average Bonchev–Trinajstić information content (AvgIpc) is 3.08. The molecule has 1 amide bonds. The van der Waals surface area contributed by atoms with Crippen LogP contribution in [-0.4, -0.2) is 54.0 Å². The van der Waals surface area contributed by atoms with Crippen LogP contribution in [0.4, 0.5) is 5.69 Å². The summed E-state index contributed by atoms with van der Waals surface area (Å²) in [5.41, 5.74) is 0.561. The van der Waals surface area contributed by atoms with Crippen molar-refractivity contribution in [3.8, 4) is 0 Å². The van der Waals surface area contributed by atoms with Gasteiger partial charge < -0.3 is 14.6 Å². The Morgan fingerprint density at radius 1 is 1.36 bits per heavy atom. The second kappa shape index (κ2) is 7.34. The first-order valence-corrected chi connectivity index (χ1v) is 9.34. The molecule has 2 aromatic rings. The Morgan fingerprint density at radius 3 is 2.76 bits per heavy atom. The summed E-state index contributed by atoms with van der Waals surface area (Å²) in [4.78, 5) is 15.2. The molecule has 1 fully saturated rings. The van der Waals surface area contributed by atoms with Crippen LogP contribution in [0.1, 0.15) is 6.92 Å². The zero-order valence-corrected chi connectivity index (χ0v) is 14.6. The summed E-state index contributed by atoms with van der Waals surface area (Å²) in [5.74, 6) is -0.203. The summed E-state index contributed by atoms with van der Waals surface area (Å²) in [7, 11) is -3.60. The second-order valence-electron chi connectivity index (χ2n) is 5.82. The lowest BCUT2D eigenvalue weighted by atomic mass is 10.3. The summed E-state index contributed by atoms with van der Waals surface area (Å²) in [6.45, 7) is 2.90. The summed E-state index contributed by atoms with van der Waals surface area (Å²) in [6, 6.07) is 6.16. The number of hydrogen-bond donors (Lipinski definition) is 1. The molecule has 1 atom stereocenters. The van der Waals surface area contributed by atoms with Crippen LogP contribution in [0, 0.1) is 0 Å². The topological polar surface area (TPSA) is 93.5 Å². The first-order valence-electron chi connectivity index (χ1n) is 7.90. The van der Waals surface area contributed by atoms with E-state index in [0.29, 0.717) is 25.4 Å². The number of sulfonamides is 1. The summed E-state index contributed by atoms with van der Waals surface area (Å²) in [6.07, 6.45) is 4.94. The molecule has 1 aromatic carbocycles. The van der Waals surface area contributed by atoms with Gasteiger partial charge >= 0.3 is 0 Å². The number of morpholine rings is 1. The molecule has 0 spiro atoms. The van der Waals surface area contributed by atoms with E-state index in [1.165, 1.54) is 23.4 Å². The van der Waals surface area contributed by atoms with E-state index in [2.05, 4.69) is 10.3 Å². The van der Waals surface area contributed by atoms with E-state index >= 15 is 0 Å². The van der Waals surface area contributed by atoms with E-state index < -0.39 is 10.0 Å². The SMILES string of the molecule is CC(=O)Nc1ccc(S(=O)(=O)N2CCO[C@H](Cn3ccnc3)C2)cc1. The van der Waals surface area contributed by atoms with E-state index in [0.717, 1.165) is 0 Å². The molecule has 9 heteroatoms. The number of rotatable bonds is 5. The number of nitrogens with zero attached hydrogens (tertiary/aromatic N) is 3. The molecule has 25 heavy (non-hydrogen) atoms. The highest BCUT2D eigenvalue weighted by Gasteiger charge is 2.30. The highest BCUT2D eigenvalue weighted by Crippen LogP contribution is 2.21. The molecule has 0 unspecified atom stereocenters. The number of nitrogens with one attached hydrogen (secondary N) is 1. The lowest BCUT2D eigenvalue weighted by Crippen LogP contribution is -2.46. The number of hydrogen-bond acceptors (Lipinski definition) is 5. The van der Waals surface area contributed by atoms with Crippen LogP contribution in [0.15, 0.2) is 47.9 Å². The summed E-state index contributed by atoms with van der Waals surface area (Å²) in [5, 5.41) is 2.62. The monoisotopic (exact) mass is 364 g/mol. The lowest BCUT2D eigenvalue weighted by molar-refractivity contribution is -0.114. The molecule has 1 aromatic heterocycles. The Kier molecular flexibility index (Phi) is 5.16. The van der Waals surface area contributed by atoms with Gasteiger partial charge in [0.1, 0.15) is 0 Å². The Bertz CT molecular complexity index is 818. The molecule has 1 aliphatic heterocycles. The number of carbonyl (C=O) groups excluding carboxylic acids is 1. The van der Waals surface area contributed by atoms with Crippen molar-refractivity contribution in [1.82, 2.24) is 13.9 Å². The predicted octanol–water partition coefficient (Wildman–Crippen LogP) is 0.931. The zero-order valence-electron chi connectivity index (χ0n) is 13.8. The van der Waals surface area contributed by atoms with Crippen molar-refractivity contribution < 1.29 is 17.9 Å². The van der Waals surface area contributed by atoms with Gasteiger partial charge in [-0.25, -0.2) is 13.4 Å². The molecule has 3 rings (SSSR count). The Morgan fingerprint density at radius 2 is 2.12 bits per heavy atom. The van der Waals surface area contributed by atoms with Crippen LogP contribution in [0.25, 0.3) is 0 Å². The van der Waals surface area contributed by atoms with E-state index in [1.54, 1.807) is 24.7 Å². The van der Waals surface area contributed by atoms with Crippen molar-refractivity contribution in [2.45, 2.75) is 24.5 Å². The molecule has 134 valence electrons.